The van der Waals surface area contributed by atoms with Gasteiger partial charge in [0.05, 0.1) is 5.92 Å². The molecule has 2 aromatic carbocycles. The van der Waals surface area contributed by atoms with Crippen molar-refractivity contribution >= 4 is 5.97 Å². The molecule has 19 heavy (non-hydrogen) atoms. The lowest BCUT2D eigenvalue weighted by molar-refractivity contribution is -0.139. The molecule has 0 unspecified atom stereocenters. The summed E-state index contributed by atoms with van der Waals surface area (Å²) in [5.41, 5.74) is 2.59. The van der Waals surface area contributed by atoms with Gasteiger partial charge in [-0.1, -0.05) is 67.2 Å². The Hall–Kier alpha value is -2.35. The van der Waals surface area contributed by atoms with E-state index in [1.165, 1.54) is 0 Å². The van der Waals surface area contributed by atoms with Crippen LogP contribution in [-0.2, 0) is 9.53 Å². The Bertz CT molecular complexity index is 602. The van der Waals surface area contributed by atoms with Gasteiger partial charge >= 0.3 is 5.97 Å². The van der Waals surface area contributed by atoms with E-state index in [9.17, 15) is 4.79 Å². The maximum Gasteiger partial charge on any atom is 0.334 e. The number of hydrogen-bond donors (Lipinski definition) is 0. The highest BCUT2D eigenvalue weighted by molar-refractivity contribution is 5.92. The number of rotatable bonds is 2. The van der Waals surface area contributed by atoms with Crippen molar-refractivity contribution in [3.8, 4) is 0 Å². The Balaban J connectivity index is 2.04. The SMILES string of the molecule is C=C1C(=O)O[C@@H](c2ccccc2)[C@H]1c1ccccc1. The van der Waals surface area contributed by atoms with Gasteiger partial charge in [-0.15, -0.1) is 0 Å². The molecule has 0 saturated carbocycles. The molecule has 2 heteroatoms. The third kappa shape index (κ3) is 2.06. The summed E-state index contributed by atoms with van der Waals surface area (Å²) >= 11 is 0. The first-order valence-corrected chi connectivity index (χ1v) is 6.27. The van der Waals surface area contributed by atoms with E-state index in [0.29, 0.717) is 5.57 Å². The molecule has 0 bridgehead atoms. The molecule has 2 nitrogen and oxygen atoms in total. The van der Waals surface area contributed by atoms with Gasteiger partial charge in [-0.25, -0.2) is 4.79 Å². The third-order valence-corrected chi connectivity index (χ3v) is 3.46. The van der Waals surface area contributed by atoms with Crippen molar-refractivity contribution in [2.45, 2.75) is 12.0 Å². The lowest BCUT2D eigenvalue weighted by Gasteiger charge is -2.18. The predicted molar refractivity (Wildman–Crippen MR) is 73.6 cm³/mol. The smallest absolute Gasteiger partial charge is 0.334 e. The minimum Gasteiger partial charge on any atom is -0.453 e. The molecule has 0 spiro atoms. The van der Waals surface area contributed by atoms with E-state index in [1.807, 2.05) is 60.7 Å². The zero-order valence-corrected chi connectivity index (χ0v) is 10.5. The summed E-state index contributed by atoms with van der Waals surface area (Å²) in [6.07, 6.45) is -0.274. The van der Waals surface area contributed by atoms with E-state index >= 15 is 0 Å². The molecule has 0 aliphatic carbocycles. The first kappa shape index (κ1) is 11.7. The van der Waals surface area contributed by atoms with E-state index in [-0.39, 0.29) is 18.0 Å². The molecule has 1 fully saturated rings. The summed E-state index contributed by atoms with van der Waals surface area (Å²) in [7, 11) is 0. The average molecular weight is 250 g/mol. The van der Waals surface area contributed by atoms with Crippen LogP contribution >= 0.6 is 0 Å². The molecular weight excluding hydrogens is 236 g/mol. The summed E-state index contributed by atoms with van der Waals surface area (Å²) in [6.45, 7) is 3.89. The van der Waals surface area contributed by atoms with Gasteiger partial charge in [-0.2, -0.15) is 0 Å². The van der Waals surface area contributed by atoms with E-state index < -0.39 is 0 Å². The van der Waals surface area contributed by atoms with Gasteiger partial charge in [0.2, 0.25) is 0 Å². The standard InChI is InChI=1S/C17H14O2/c1-12-15(13-8-4-2-5-9-13)16(19-17(12)18)14-10-6-3-7-11-14/h2-11,15-16H,1H2/t15-,16+/m1/s1. The minimum absolute atomic E-state index is 0.101. The summed E-state index contributed by atoms with van der Waals surface area (Å²) in [6, 6.07) is 19.7. The Kier molecular flexibility index (Phi) is 2.92. The van der Waals surface area contributed by atoms with Crippen LogP contribution < -0.4 is 0 Å². The fraction of sp³-hybridized carbons (Fsp3) is 0.118. The predicted octanol–water partition coefficient (Wildman–Crippen LogP) is 3.62. The van der Waals surface area contributed by atoms with Crippen molar-refractivity contribution in [2.75, 3.05) is 0 Å². The Morgan fingerprint density at radius 3 is 1.95 bits per heavy atom. The largest absolute Gasteiger partial charge is 0.453 e. The van der Waals surface area contributed by atoms with Crippen molar-refractivity contribution in [3.63, 3.8) is 0 Å². The van der Waals surface area contributed by atoms with Gasteiger partial charge in [0, 0.05) is 5.57 Å². The molecule has 1 saturated heterocycles. The first-order valence-electron chi connectivity index (χ1n) is 6.27. The second-order valence-corrected chi connectivity index (χ2v) is 4.65. The number of hydrogen-bond acceptors (Lipinski definition) is 2. The highest BCUT2D eigenvalue weighted by Gasteiger charge is 2.40. The molecular formula is C17H14O2. The summed E-state index contributed by atoms with van der Waals surface area (Å²) < 4.78 is 5.49. The van der Waals surface area contributed by atoms with Gasteiger partial charge in [-0.3, -0.25) is 0 Å². The quantitative estimate of drug-likeness (QED) is 0.601. The molecule has 2 aromatic rings. The molecule has 0 aromatic heterocycles. The number of ether oxygens (including phenoxy) is 1. The molecule has 2 atom stereocenters. The summed E-state index contributed by atoms with van der Waals surface area (Å²) in [5.74, 6) is -0.404. The van der Waals surface area contributed by atoms with Crippen LogP contribution in [0, 0.1) is 0 Å². The topological polar surface area (TPSA) is 26.3 Å². The van der Waals surface area contributed by atoms with Crippen LogP contribution in [0.4, 0.5) is 0 Å². The van der Waals surface area contributed by atoms with Gasteiger partial charge in [0.15, 0.2) is 0 Å². The first-order chi connectivity index (χ1) is 9.27. The number of esters is 1. The molecule has 1 aliphatic rings. The highest BCUT2D eigenvalue weighted by atomic mass is 16.6. The van der Waals surface area contributed by atoms with Crippen LogP contribution in [0.1, 0.15) is 23.1 Å². The maximum atomic E-state index is 11.8. The van der Waals surface area contributed by atoms with Gasteiger partial charge in [0.1, 0.15) is 6.10 Å². The monoisotopic (exact) mass is 250 g/mol. The molecule has 94 valence electrons. The van der Waals surface area contributed by atoms with Crippen molar-refractivity contribution in [1.82, 2.24) is 0 Å². The lowest BCUT2D eigenvalue weighted by Crippen LogP contribution is -2.06. The van der Waals surface area contributed by atoms with Crippen molar-refractivity contribution < 1.29 is 9.53 Å². The fourth-order valence-electron chi connectivity index (χ4n) is 2.51. The molecule has 1 heterocycles. The minimum atomic E-state index is -0.303. The number of carbonyl (C=O) groups is 1. The van der Waals surface area contributed by atoms with E-state index in [0.717, 1.165) is 11.1 Å². The van der Waals surface area contributed by atoms with Crippen LogP contribution in [0.5, 0.6) is 0 Å². The van der Waals surface area contributed by atoms with E-state index in [1.54, 1.807) is 0 Å². The molecule has 0 amide bonds. The Labute approximate surface area is 112 Å². The molecule has 0 radical (unpaired) electrons. The Morgan fingerprint density at radius 1 is 0.842 bits per heavy atom. The van der Waals surface area contributed by atoms with Gasteiger partial charge in [0.25, 0.3) is 0 Å². The van der Waals surface area contributed by atoms with Crippen molar-refractivity contribution in [3.05, 3.63) is 83.9 Å². The second kappa shape index (κ2) is 4.73. The van der Waals surface area contributed by atoms with Crippen LogP contribution in [-0.4, -0.2) is 5.97 Å². The third-order valence-electron chi connectivity index (χ3n) is 3.46. The number of benzene rings is 2. The second-order valence-electron chi connectivity index (χ2n) is 4.65. The number of carbonyl (C=O) groups excluding carboxylic acids is 1. The average Bonchev–Trinajstić information content (AvgIpc) is 2.77. The highest BCUT2D eigenvalue weighted by Crippen LogP contribution is 2.44. The molecule has 3 rings (SSSR count). The molecule has 0 N–H and O–H groups in total. The maximum absolute atomic E-state index is 11.8. The van der Waals surface area contributed by atoms with Crippen molar-refractivity contribution in [1.29, 1.82) is 0 Å². The van der Waals surface area contributed by atoms with Gasteiger partial charge < -0.3 is 4.74 Å². The zero-order valence-electron chi connectivity index (χ0n) is 10.5. The van der Waals surface area contributed by atoms with Crippen LogP contribution in [0.25, 0.3) is 0 Å². The van der Waals surface area contributed by atoms with E-state index in [4.69, 9.17) is 4.74 Å². The van der Waals surface area contributed by atoms with E-state index in [2.05, 4.69) is 6.58 Å². The Morgan fingerprint density at radius 2 is 1.37 bits per heavy atom. The zero-order chi connectivity index (χ0) is 13.2. The number of cyclic esters (lactones) is 1. The van der Waals surface area contributed by atoms with Gasteiger partial charge in [-0.05, 0) is 11.1 Å². The molecule has 1 aliphatic heterocycles. The van der Waals surface area contributed by atoms with Crippen molar-refractivity contribution in [2.24, 2.45) is 0 Å². The van der Waals surface area contributed by atoms with Crippen LogP contribution in [0.2, 0.25) is 0 Å². The normalized spacial score (nSPS) is 22.3. The lowest BCUT2D eigenvalue weighted by atomic mass is 9.86. The summed E-state index contributed by atoms with van der Waals surface area (Å²) in [5, 5.41) is 0. The van der Waals surface area contributed by atoms with Crippen LogP contribution in [0.15, 0.2) is 72.8 Å². The van der Waals surface area contributed by atoms with Crippen LogP contribution in [0.3, 0.4) is 0 Å². The summed E-state index contributed by atoms with van der Waals surface area (Å²) in [4.78, 5) is 11.8. The fourth-order valence-corrected chi connectivity index (χ4v) is 2.51.